The van der Waals surface area contributed by atoms with E-state index in [0.29, 0.717) is 12.2 Å². The van der Waals surface area contributed by atoms with Gasteiger partial charge in [-0.2, -0.15) is 0 Å². The van der Waals surface area contributed by atoms with Gasteiger partial charge in [-0.05, 0) is 19.8 Å². The first-order chi connectivity index (χ1) is 5.86. The zero-order valence-electron chi connectivity index (χ0n) is 7.95. The molecule has 0 saturated carbocycles. The number of hydrogen-bond donors (Lipinski definition) is 0. The molecule has 0 aromatic carbocycles. The number of rotatable bonds is 6. The molecule has 0 aromatic rings. The lowest BCUT2D eigenvalue weighted by Crippen LogP contribution is -2.14. The highest BCUT2D eigenvalue weighted by Crippen LogP contribution is 2.12. The Morgan fingerprint density at radius 2 is 2.42 bits per heavy atom. The first-order valence-corrected chi connectivity index (χ1v) is 4.71. The lowest BCUT2D eigenvalue weighted by molar-refractivity contribution is 0.0423. The van der Waals surface area contributed by atoms with Gasteiger partial charge in [0.2, 0.25) is 0 Å². The molecule has 2 atom stereocenters. The van der Waals surface area contributed by atoms with Gasteiger partial charge in [0.15, 0.2) is 0 Å². The molecule has 12 heavy (non-hydrogen) atoms. The van der Waals surface area contributed by atoms with Crippen LogP contribution in [0.5, 0.6) is 0 Å². The summed E-state index contributed by atoms with van der Waals surface area (Å²) in [4.78, 5) is 0. The van der Waals surface area contributed by atoms with Crippen molar-refractivity contribution in [2.24, 2.45) is 0 Å². The van der Waals surface area contributed by atoms with E-state index in [0.717, 1.165) is 26.1 Å². The summed E-state index contributed by atoms with van der Waals surface area (Å²) in [6, 6.07) is 0. The molecule has 0 aromatic heterocycles. The van der Waals surface area contributed by atoms with E-state index in [9.17, 15) is 0 Å². The first kappa shape index (κ1) is 9.75. The summed E-state index contributed by atoms with van der Waals surface area (Å²) in [7, 11) is 0. The van der Waals surface area contributed by atoms with Crippen molar-refractivity contribution < 1.29 is 9.47 Å². The van der Waals surface area contributed by atoms with E-state index in [1.807, 2.05) is 6.92 Å². The average molecular weight is 170 g/mol. The predicted octanol–water partition coefficient (Wildman–Crippen LogP) is 2.15. The zero-order valence-corrected chi connectivity index (χ0v) is 7.95. The Bertz CT molecular complexity index is 139. The van der Waals surface area contributed by atoms with E-state index < -0.39 is 0 Å². The first-order valence-electron chi connectivity index (χ1n) is 4.71. The molecule has 0 N–H and O–H groups in total. The SMILES string of the molecule is CC=CCC(CC)OCC1CO1. The van der Waals surface area contributed by atoms with Crippen molar-refractivity contribution >= 4 is 0 Å². The fourth-order valence-electron chi connectivity index (χ4n) is 1.05. The van der Waals surface area contributed by atoms with E-state index in [4.69, 9.17) is 9.47 Å². The van der Waals surface area contributed by atoms with Crippen LogP contribution in [0, 0.1) is 0 Å². The third-order valence-electron chi connectivity index (χ3n) is 2.01. The van der Waals surface area contributed by atoms with Crippen molar-refractivity contribution in [2.75, 3.05) is 13.2 Å². The standard InChI is InChI=1S/C10H18O2/c1-3-5-6-9(4-2)11-7-10-8-12-10/h3,5,9-10H,4,6-8H2,1-2H3. The van der Waals surface area contributed by atoms with Gasteiger partial charge in [0, 0.05) is 0 Å². The zero-order chi connectivity index (χ0) is 8.81. The molecular formula is C10H18O2. The van der Waals surface area contributed by atoms with Crippen LogP contribution in [0.4, 0.5) is 0 Å². The normalized spacial score (nSPS) is 24.7. The largest absolute Gasteiger partial charge is 0.375 e. The van der Waals surface area contributed by atoms with Crippen LogP contribution in [0.2, 0.25) is 0 Å². The van der Waals surface area contributed by atoms with Gasteiger partial charge in [-0.25, -0.2) is 0 Å². The summed E-state index contributed by atoms with van der Waals surface area (Å²) in [5, 5.41) is 0. The number of hydrogen-bond acceptors (Lipinski definition) is 2. The molecule has 1 saturated heterocycles. The fraction of sp³-hybridized carbons (Fsp3) is 0.800. The lowest BCUT2D eigenvalue weighted by Gasteiger charge is -2.12. The molecule has 1 heterocycles. The lowest BCUT2D eigenvalue weighted by atomic mass is 10.2. The highest BCUT2D eigenvalue weighted by molar-refractivity contribution is 4.81. The second kappa shape index (κ2) is 5.33. The summed E-state index contributed by atoms with van der Waals surface area (Å²) in [6.07, 6.45) is 7.10. The minimum atomic E-state index is 0.380. The van der Waals surface area contributed by atoms with Crippen LogP contribution in [0.3, 0.4) is 0 Å². The predicted molar refractivity (Wildman–Crippen MR) is 49.2 cm³/mol. The van der Waals surface area contributed by atoms with Crippen LogP contribution in [-0.4, -0.2) is 25.4 Å². The van der Waals surface area contributed by atoms with Crippen LogP contribution in [-0.2, 0) is 9.47 Å². The highest BCUT2D eigenvalue weighted by atomic mass is 16.6. The quantitative estimate of drug-likeness (QED) is 0.450. The van der Waals surface area contributed by atoms with Gasteiger partial charge in [0.1, 0.15) is 6.10 Å². The van der Waals surface area contributed by atoms with Gasteiger partial charge >= 0.3 is 0 Å². The van der Waals surface area contributed by atoms with E-state index >= 15 is 0 Å². The molecule has 70 valence electrons. The molecule has 1 rings (SSSR count). The maximum absolute atomic E-state index is 5.64. The Labute approximate surface area is 74.6 Å². The van der Waals surface area contributed by atoms with Crippen molar-refractivity contribution in [3.8, 4) is 0 Å². The third-order valence-corrected chi connectivity index (χ3v) is 2.01. The monoisotopic (exact) mass is 170 g/mol. The molecule has 1 aliphatic rings. The van der Waals surface area contributed by atoms with Gasteiger partial charge in [-0.3, -0.25) is 0 Å². The molecular weight excluding hydrogens is 152 g/mol. The maximum atomic E-state index is 5.64. The van der Waals surface area contributed by atoms with Crippen molar-refractivity contribution in [1.29, 1.82) is 0 Å². The highest BCUT2D eigenvalue weighted by Gasteiger charge is 2.23. The minimum Gasteiger partial charge on any atom is -0.375 e. The molecule has 0 bridgehead atoms. The second-order valence-corrected chi connectivity index (χ2v) is 3.12. The Hall–Kier alpha value is -0.340. The van der Waals surface area contributed by atoms with Gasteiger partial charge in [-0.1, -0.05) is 19.1 Å². The van der Waals surface area contributed by atoms with Gasteiger partial charge in [-0.15, -0.1) is 0 Å². The second-order valence-electron chi connectivity index (χ2n) is 3.12. The number of allylic oxidation sites excluding steroid dienone is 1. The fourth-order valence-corrected chi connectivity index (χ4v) is 1.05. The average Bonchev–Trinajstić information content (AvgIpc) is 2.89. The Balaban J connectivity index is 2.05. The molecule has 1 fully saturated rings. The number of epoxide rings is 1. The molecule has 2 nitrogen and oxygen atoms in total. The molecule has 2 unspecified atom stereocenters. The molecule has 0 radical (unpaired) electrons. The van der Waals surface area contributed by atoms with E-state index in [1.165, 1.54) is 0 Å². The van der Waals surface area contributed by atoms with Crippen molar-refractivity contribution in [3.05, 3.63) is 12.2 Å². The van der Waals surface area contributed by atoms with Crippen LogP contribution in [0.15, 0.2) is 12.2 Å². The molecule has 2 heteroatoms. The molecule has 0 amide bonds. The topological polar surface area (TPSA) is 21.8 Å². The molecule has 0 spiro atoms. The molecule has 0 aliphatic carbocycles. The summed E-state index contributed by atoms with van der Waals surface area (Å²) in [5.74, 6) is 0. The smallest absolute Gasteiger partial charge is 0.104 e. The third kappa shape index (κ3) is 3.88. The maximum Gasteiger partial charge on any atom is 0.104 e. The van der Waals surface area contributed by atoms with Crippen LogP contribution >= 0.6 is 0 Å². The summed E-state index contributed by atoms with van der Waals surface area (Å²) >= 11 is 0. The summed E-state index contributed by atoms with van der Waals surface area (Å²) in [6.45, 7) is 5.86. The van der Waals surface area contributed by atoms with Crippen molar-refractivity contribution in [1.82, 2.24) is 0 Å². The van der Waals surface area contributed by atoms with Crippen LogP contribution in [0.1, 0.15) is 26.7 Å². The number of ether oxygens (including phenoxy) is 2. The van der Waals surface area contributed by atoms with Crippen LogP contribution < -0.4 is 0 Å². The van der Waals surface area contributed by atoms with Gasteiger partial charge in [0.25, 0.3) is 0 Å². The van der Waals surface area contributed by atoms with Crippen molar-refractivity contribution in [2.45, 2.75) is 38.9 Å². The Kier molecular flexibility index (Phi) is 4.33. The van der Waals surface area contributed by atoms with Gasteiger partial charge < -0.3 is 9.47 Å². The Morgan fingerprint density at radius 3 is 2.92 bits per heavy atom. The van der Waals surface area contributed by atoms with E-state index in [-0.39, 0.29) is 0 Å². The van der Waals surface area contributed by atoms with Crippen LogP contribution in [0.25, 0.3) is 0 Å². The van der Waals surface area contributed by atoms with E-state index in [2.05, 4.69) is 19.1 Å². The summed E-state index contributed by atoms with van der Waals surface area (Å²) < 4.78 is 10.7. The molecule has 1 aliphatic heterocycles. The van der Waals surface area contributed by atoms with E-state index in [1.54, 1.807) is 0 Å². The van der Waals surface area contributed by atoms with Gasteiger partial charge in [0.05, 0.1) is 19.3 Å². The summed E-state index contributed by atoms with van der Waals surface area (Å²) in [5.41, 5.74) is 0. The Morgan fingerprint density at radius 1 is 1.67 bits per heavy atom. The minimum absolute atomic E-state index is 0.380. The van der Waals surface area contributed by atoms with Crippen molar-refractivity contribution in [3.63, 3.8) is 0 Å².